The third kappa shape index (κ3) is 3.03. The molecule has 1 aliphatic heterocycles. The number of piperazine rings is 1. The summed E-state index contributed by atoms with van der Waals surface area (Å²) in [6.07, 6.45) is 0. The molecule has 0 amide bonds. The summed E-state index contributed by atoms with van der Waals surface area (Å²) in [5.74, 6) is -0.179. The molecule has 0 aromatic heterocycles. The molecule has 2 N–H and O–H groups in total. The van der Waals surface area contributed by atoms with Crippen LogP contribution >= 0.6 is 0 Å². The summed E-state index contributed by atoms with van der Waals surface area (Å²) in [5.41, 5.74) is 8.16. The van der Waals surface area contributed by atoms with Crippen LogP contribution in [0.2, 0.25) is 0 Å². The molecule has 2 rings (SSSR count). The van der Waals surface area contributed by atoms with Crippen molar-refractivity contribution in [2.24, 2.45) is 5.73 Å². The maximum atomic E-state index is 13.3. The first kappa shape index (κ1) is 15.4. The molecule has 0 spiro atoms. The van der Waals surface area contributed by atoms with Crippen molar-refractivity contribution in [3.63, 3.8) is 0 Å². The smallest absolute Gasteiger partial charge is 0.123 e. The molecule has 112 valence electrons. The van der Waals surface area contributed by atoms with Crippen LogP contribution in [-0.4, -0.2) is 48.6 Å². The number of rotatable bonds is 3. The highest BCUT2D eigenvalue weighted by Gasteiger charge is 2.31. The maximum Gasteiger partial charge on any atom is 0.123 e. The summed E-state index contributed by atoms with van der Waals surface area (Å²) in [4.78, 5) is 4.84. The molecule has 1 aromatic carbocycles. The molecular weight excluding hydrogens is 253 g/mol. The number of likely N-dealkylation sites (N-methyl/N-ethyl adjacent to an activating group) is 1. The van der Waals surface area contributed by atoms with Crippen molar-refractivity contribution in [2.45, 2.75) is 38.9 Å². The fraction of sp³-hybridized carbons (Fsp3) is 0.625. The summed E-state index contributed by atoms with van der Waals surface area (Å²) in [6.45, 7) is 9.01. The van der Waals surface area contributed by atoms with Gasteiger partial charge in [0.1, 0.15) is 5.82 Å². The van der Waals surface area contributed by atoms with E-state index in [9.17, 15) is 4.39 Å². The first-order valence-electron chi connectivity index (χ1n) is 7.36. The third-order valence-electron chi connectivity index (χ3n) is 4.64. The monoisotopic (exact) mass is 279 g/mol. The quantitative estimate of drug-likeness (QED) is 0.920. The average Bonchev–Trinajstić information content (AvgIpc) is 2.39. The largest absolute Gasteiger partial charge is 0.329 e. The Kier molecular flexibility index (Phi) is 4.78. The molecule has 3 unspecified atom stereocenters. The second kappa shape index (κ2) is 6.20. The number of nitrogens with zero attached hydrogens (tertiary/aromatic N) is 2. The number of nitrogens with two attached hydrogens (primary N) is 1. The minimum atomic E-state index is -0.179. The van der Waals surface area contributed by atoms with E-state index in [2.05, 4.69) is 30.7 Å². The first-order valence-corrected chi connectivity index (χ1v) is 7.36. The lowest BCUT2D eigenvalue weighted by atomic mass is 9.97. The van der Waals surface area contributed by atoms with Crippen LogP contribution < -0.4 is 5.73 Å². The van der Waals surface area contributed by atoms with Crippen LogP contribution in [0.4, 0.5) is 4.39 Å². The van der Waals surface area contributed by atoms with Crippen molar-refractivity contribution >= 4 is 0 Å². The molecule has 3 atom stereocenters. The van der Waals surface area contributed by atoms with Gasteiger partial charge in [-0.25, -0.2) is 4.39 Å². The highest BCUT2D eigenvalue weighted by molar-refractivity contribution is 5.30. The predicted octanol–water partition coefficient (Wildman–Crippen LogP) is 2.16. The van der Waals surface area contributed by atoms with E-state index in [4.69, 9.17) is 5.73 Å². The van der Waals surface area contributed by atoms with Crippen molar-refractivity contribution < 1.29 is 4.39 Å². The first-order chi connectivity index (χ1) is 9.43. The number of hydrogen-bond donors (Lipinski definition) is 1. The fourth-order valence-corrected chi connectivity index (χ4v) is 3.19. The van der Waals surface area contributed by atoms with Gasteiger partial charge in [0, 0.05) is 37.8 Å². The SMILES string of the molecule is Cc1cc(F)ccc1C(CN)N1CC(C)N(C)C(C)C1. The molecule has 20 heavy (non-hydrogen) atoms. The topological polar surface area (TPSA) is 32.5 Å². The van der Waals surface area contributed by atoms with Crippen LogP contribution in [0.25, 0.3) is 0 Å². The zero-order chi connectivity index (χ0) is 14.9. The van der Waals surface area contributed by atoms with Gasteiger partial charge in [0.15, 0.2) is 0 Å². The normalized spacial score (nSPS) is 26.7. The predicted molar refractivity (Wildman–Crippen MR) is 81.2 cm³/mol. The number of hydrogen-bond acceptors (Lipinski definition) is 3. The third-order valence-corrected chi connectivity index (χ3v) is 4.64. The molecule has 1 saturated heterocycles. The van der Waals surface area contributed by atoms with E-state index < -0.39 is 0 Å². The molecule has 0 aliphatic carbocycles. The van der Waals surface area contributed by atoms with Crippen molar-refractivity contribution in [1.29, 1.82) is 0 Å². The van der Waals surface area contributed by atoms with E-state index in [0.29, 0.717) is 18.6 Å². The van der Waals surface area contributed by atoms with Crippen LogP contribution in [0.5, 0.6) is 0 Å². The van der Waals surface area contributed by atoms with Crippen LogP contribution in [-0.2, 0) is 0 Å². The molecule has 1 heterocycles. The van der Waals surface area contributed by atoms with Gasteiger partial charge < -0.3 is 5.73 Å². The highest BCUT2D eigenvalue weighted by atomic mass is 19.1. The Morgan fingerprint density at radius 2 is 1.90 bits per heavy atom. The summed E-state index contributed by atoms with van der Waals surface area (Å²) in [6, 6.07) is 6.21. The fourth-order valence-electron chi connectivity index (χ4n) is 3.19. The van der Waals surface area contributed by atoms with E-state index in [0.717, 1.165) is 24.2 Å². The number of halogens is 1. The molecule has 0 radical (unpaired) electrons. The van der Waals surface area contributed by atoms with E-state index in [-0.39, 0.29) is 11.9 Å². The van der Waals surface area contributed by atoms with Crippen molar-refractivity contribution in [3.8, 4) is 0 Å². The van der Waals surface area contributed by atoms with Gasteiger partial charge in [-0.2, -0.15) is 0 Å². The van der Waals surface area contributed by atoms with Gasteiger partial charge in [0.2, 0.25) is 0 Å². The standard InChI is InChI=1S/C16H26FN3/c1-11-7-14(17)5-6-15(11)16(8-18)20-9-12(2)19(4)13(3)10-20/h5-7,12-13,16H,8-10,18H2,1-4H3. The zero-order valence-electron chi connectivity index (χ0n) is 12.9. The second-order valence-corrected chi connectivity index (χ2v) is 6.07. The van der Waals surface area contributed by atoms with E-state index >= 15 is 0 Å². The minimum absolute atomic E-state index is 0.175. The Morgan fingerprint density at radius 3 is 2.40 bits per heavy atom. The average molecular weight is 279 g/mol. The van der Waals surface area contributed by atoms with Crippen molar-refractivity contribution in [2.75, 3.05) is 26.7 Å². The minimum Gasteiger partial charge on any atom is -0.329 e. The lowest BCUT2D eigenvalue weighted by molar-refractivity contribution is 0.0350. The van der Waals surface area contributed by atoms with Gasteiger partial charge in [0.05, 0.1) is 0 Å². The van der Waals surface area contributed by atoms with Crippen LogP contribution in [0.3, 0.4) is 0 Å². The van der Waals surface area contributed by atoms with E-state index in [1.54, 1.807) is 6.07 Å². The summed E-state index contributed by atoms with van der Waals surface area (Å²) in [5, 5.41) is 0. The lowest BCUT2D eigenvalue weighted by Gasteiger charge is -2.45. The van der Waals surface area contributed by atoms with Crippen molar-refractivity contribution in [3.05, 3.63) is 35.1 Å². The molecule has 1 aliphatic rings. The zero-order valence-corrected chi connectivity index (χ0v) is 12.9. The second-order valence-electron chi connectivity index (χ2n) is 6.07. The molecular formula is C16H26FN3. The van der Waals surface area contributed by atoms with Crippen LogP contribution in [0, 0.1) is 12.7 Å². The molecule has 3 nitrogen and oxygen atoms in total. The Bertz CT molecular complexity index is 451. The Labute approximate surface area is 121 Å². The van der Waals surface area contributed by atoms with Crippen LogP contribution in [0.1, 0.15) is 31.0 Å². The van der Waals surface area contributed by atoms with E-state index in [1.807, 2.05) is 13.0 Å². The molecule has 1 fully saturated rings. The van der Waals surface area contributed by atoms with E-state index in [1.165, 1.54) is 6.07 Å². The summed E-state index contributed by atoms with van der Waals surface area (Å²) >= 11 is 0. The lowest BCUT2D eigenvalue weighted by Crippen LogP contribution is -2.56. The summed E-state index contributed by atoms with van der Waals surface area (Å²) < 4.78 is 13.3. The Hall–Kier alpha value is -0.970. The van der Waals surface area contributed by atoms with Gasteiger partial charge in [0.25, 0.3) is 0 Å². The Morgan fingerprint density at radius 1 is 1.30 bits per heavy atom. The molecule has 1 aromatic rings. The van der Waals surface area contributed by atoms with Gasteiger partial charge in [-0.05, 0) is 51.1 Å². The Balaban J connectivity index is 2.24. The van der Waals surface area contributed by atoms with Gasteiger partial charge in [-0.1, -0.05) is 6.07 Å². The van der Waals surface area contributed by atoms with Gasteiger partial charge in [-0.15, -0.1) is 0 Å². The molecule has 0 bridgehead atoms. The highest BCUT2D eigenvalue weighted by Crippen LogP contribution is 2.27. The summed E-state index contributed by atoms with van der Waals surface area (Å²) in [7, 11) is 2.17. The van der Waals surface area contributed by atoms with Gasteiger partial charge in [-0.3, -0.25) is 9.80 Å². The number of benzene rings is 1. The molecule has 4 heteroatoms. The van der Waals surface area contributed by atoms with Crippen LogP contribution in [0.15, 0.2) is 18.2 Å². The number of aryl methyl sites for hydroxylation is 1. The maximum absolute atomic E-state index is 13.3. The molecule has 0 saturated carbocycles. The van der Waals surface area contributed by atoms with Gasteiger partial charge >= 0.3 is 0 Å². The van der Waals surface area contributed by atoms with Crippen molar-refractivity contribution in [1.82, 2.24) is 9.80 Å².